The van der Waals surface area contributed by atoms with Crippen LogP contribution in [-0.2, 0) is 25.0 Å². The molecule has 0 radical (unpaired) electrons. The topological polar surface area (TPSA) is 152 Å². The number of hydrogen-bond donors (Lipinski definition) is 2. The van der Waals surface area contributed by atoms with Crippen LogP contribution in [0.25, 0.3) is 0 Å². The molecule has 0 amide bonds. The van der Waals surface area contributed by atoms with Crippen molar-refractivity contribution in [2.24, 2.45) is 0 Å². The van der Waals surface area contributed by atoms with Gasteiger partial charge in [-0.1, -0.05) is 35.3 Å². The average molecular weight is 455 g/mol. The van der Waals surface area contributed by atoms with Gasteiger partial charge in [-0.05, 0) is 24.3 Å². The first-order valence-electron chi connectivity index (χ1n) is 6.62. The summed E-state index contributed by atoms with van der Waals surface area (Å²) >= 11 is 11.5. The van der Waals surface area contributed by atoms with E-state index < -0.39 is 63.1 Å². The minimum absolute atomic E-state index is 0.554. The van der Waals surface area contributed by atoms with Crippen molar-refractivity contribution in [2.75, 3.05) is 0 Å². The van der Waals surface area contributed by atoms with Gasteiger partial charge in [0, 0.05) is 0 Å². The Bertz CT molecular complexity index is 1060. The van der Waals surface area contributed by atoms with Crippen LogP contribution in [-0.4, -0.2) is 37.9 Å². The molecule has 0 aliphatic carbocycles. The lowest BCUT2D eigenvalue weighted by Crippen LogP contribution is -2.15. The lowest BCUT2D eigenvalue weighted by Gasteiger charge is -2.09. The zero-order valence-electron chi connectivity index (χ0n) is 12.8. The lowest BCUT2D eigenvalue weighted by molar-refractivity contribution is 0.0397. The number of ether oxygens (including phenoxy) is 1. The highest BCUT2D eigenvalue weighted by atomic mass is 35.5. The Kier molecular flexibility index (Phi) is 5.94. The molecular formula is C14H8Cl2O9S2. The van der Waals surface area contributed by atoms with Gasteiger partial charge in [-0.3, -0.25) is 9.11 Å². The van der Waals surface area contributed by atoms with E-state index in [0.29, 0.717) is 0 Å². The van der Waals surface area contributed by atoms with Gasteiger partial charge in [0.1, 0.15) is 9.79 Å². The van der Waals surface area contributed by atoms with Crippen molar-refractivity contribution in [3.05, 3.63) is 57.6 Å². The Morgan fingerprint density at radius 3 is 1.37 bits per heavy atom. The molecule has 9 nitrogen and oxygen atoms in total. The van der Waals surface area contributed by atoms with E-state index in [9.17, 15) is 26.4 Å². The second-order valence-electron chi connectivity index (χ2n) is 4.86. The fourth-order valence-corrected chi connectivity index (χ4v) is 4.09. The summed E-state index contributed by atoms with van der Waals surface area (Å²) in [5.74, 6) is -2.77. The van der Waals surface area contributed by atoms with Crippen LogP contribution in [0.3, 0.4) is 0 Å². The number of carbonyl (C=O) groups is 2. The van der Waals surface area contributed by atoms with Crippen molar-refractivity contribution < 1.29 is 40.3 Å². The van der Waals surface area contributed by atoms with Crippen molar-refractivity contribution in [3.63, 3.8) is 0 Å². The maximum absolute atomic E-state index is 12.1. The molecule has 0 bridgehead atoms. The predicted molar refractivity (Wildman–Crippen MR) is 92.3 cm³/mol. The van der Waals surface area contributed by atoms with Crippen LogP contribution in [0.4, 0.5) is 0 Å². The Balaban J connectivity index is 2.40. The van der Waals surface area contributed by atoms with Gasteiger partial charge in [-0.15, -0.1) is 0 Å². The summed E-state index contributed by atoms with van der Waals surface area (Å²) in [6.45, 7) is 0. The third kappa shape index (κ3) is 4.64. The van der Waals surface area contributed by atoms with Gasteiger partial charge in [0.25, 0.3) is 20.2 Å². The van der Waals surface area contributed by atoms with E-state index in [2.05, 4.69) is 4.74 Å². The van der Waals surface area contributed by atoms with Crippen molar-refractivity contribution in [2.45, 2.75) is 9.79 Å². The summed E-state index contributed by atoms with van der Waals surface area (Å²) in [6, 6.07) is 6.04. The fourth-order valence-electron chi connectivity index (χ4n) is 1.93. The van der Waals surface area contributed by atoms with Crippen LogP contribution in [0.2, 0.25) is 10.0 Å². The summed E-state index contributed by atoms with van der Waals surface area (Å²) < 4.78 is 67.4. The molecule has 2 N–H and O–H groups in total. The molecule has 0 atom stereocenters. The number of benzene rings is 2. The zero-order valence-corrected chi connectivity index (χ0v) is 15.9. The minimum atomic E-state index is -4.74. The van der Waals surface area contributed by atoms with Gasteiger partial charge in [0.2, 0.25) is 0 Å². The quantitative estimate of drug-likeness (QED) is 0.402. The molecule has 2 aromatic carbocycles. The van der Waals surface area contributed by atoms with Crippen molar-refractivity contribution in [1.29, 1.82) is 0 Å². The molecule has 0 aliphatic heterocycles. The normalized spacial score (nSPS) is 11.9. The van der Waals surface area contributed by atoms with Crippen LogP contribution in [0, 0.1) is 0 Å². The van der Waals surface area contributed by atoms with Gasteiger partial charge >= 0.3 is 11.9 Å². The van der Waals surface area contributed by atoms with Crippen molar-refractivity contribution in [3.8, 4) is 0 Å². The fraction of sp³-hybridized carbons (Fsp3) is 0. The highest BCUT2D eigenvalue weighted by Gasteiger charge is 2.26. The maximum atomic E-state index is 12.1. The molecule has 27 heavy (non-hydrogen) atoms. The first-order chi connectivity index (χ1) is 12.3. The van der Waals surface area contributed by atoms with E-state index in [0.717, 1.165) is 36.4 Å². The molecule has 2 rings (SSSR count). The summed E-state index contributed by atoms with van der Waals surface area (Å²) in [5.41, 5.74) is -1.11. The Hall–Kier alpha value is -2.02. The number of rotatable bonds is 4. The van der Waals surface area contributed by atoms with Crippen LogP contribution in [0.1, 0.15) is 20.7 Å². The first-order valence-corrected chi connectivity index (χ1v) is 10.3. The molecule has 0 saturated carbocycles. The Morgan fingerprint density at radius 1 is 0.741 bits per heavy atom. The average Bonchev–Trinajstić information content (AvgIpc) is 2.52. The van der Waals surface area contributed by atoms with E-state index in [1.54, 1.807) is 0 Å². The molecule has 0 unspecified atom stereocenters. The highest BCUT2D eigenvalue weighted by Crippen LogP contribution is 2.28. The number of halogens is 2. The van der Waals surface area contributed by atoms with E-state index in [1.807, 2.05) is 0 Å². The largest absolute Gasteiger partial charge is 0.386 e. The minimum Gasteiger partial charge on any atom is -0.386 e. The highest BCUT2D eigenvalue weighted by molar-refractivity contribution is 7.86. The third-order valence-electron chi connectivity index (χ3n) is 3.11. The molecule has 0 spiro atoms. The van der Waals surface area contributed by atoms with E-state index >= 15 is 0 Å². The third-order valence-corrected chi connectivity index (χ3v) is 5.94. The summed E-state index contributed by atoms with van der Waals surface area (Å²) in [6.07, 6.45) is 0. The van der Waals surface area contributed by atoms with E-state index in [4.69, 9.17) is 32.3 Å². The SMILES string of the molecule is O=C(OC(=O)c1cccc(S(=O)(=O)O)c1Cl)c1cccc(S(=O)(=O)O)c1Cl. The molecule has 144 valence electrons. The number of hydrogen-bond acceptors (Lipinski definition) is 7. The molecule has 0 heterocycles. The number of carbonyl (C=O) groups excluding carboxylic acids is 2. The molecule has 0 fully saturated rings. The molecule has 0 aromatic heterocycles. The summed E-state index contributed by atoms with van der Waals surface area (Å²) in [4.78, 5) is 22.7. The summed E-state index contributed by atoms with van der Waals surface area (Å²) in [7, 11) is -9.48. The van der Waals surface area contributed by atoms with Crippen molar-refractivity contribution in [1.82, 2.24) is 0 Å². The first kappa shape index (κ1) is 21.3. The molecule has 2 aromatic rings. The van der Waals surface area contributed by atoms with Crippen LogP contribution < -0.4 is 0 Å². The predicted octanol–water partition coefficient (Wildman–Crippen LogP) is 2.48. The van der Waals surface area contributed by atoms with Gasteiger partial charge in [-0.2, -0.15) is 16.8 Å². The van der Waals surface area contributed by atoms with Crippen LogP contribution in [0.5, 0.6) is 0 Å². The number of esters is 2. The van der Waals surface area contributed by atoms with Crippen LogP contribution >= 0.6 is 23.2 Å². The van der Waals surface area contributed by atoms with Gasteiger partial charge in [0.05, 0.1) is 21.2 Å². The second kappa shape index (κ2) is 7.54. The van der Waals surface area contributed by atoms with Gasteiger partial charge in [0.15, 0.2) is 0 Å². The zero-order chi connectivity index (χ0) is 20.6. The lowest BCUT2D eigenvalue weighted by atomic mass is 10.2. The molecule has 0 saturated heterocycles. The maximum Gasteiger partial charge on any atom is 0.347 e. The standard InChI is InChI=1S/C14H8Cl2O9S2/c15-11-7(3-1-5-9(11)26(19,20)21)13(17)25-14(18)8-4-2-6-10(12(8)16)27(22,23)24/h1-6H,(H,19,20,21)(H,22,23,24). The summed E-state index contributed by atoms with van der Waals surface area (Å²) in [5, 5.41) is -1.37. The second-order valence-corrected chi connectivity index (χ2v) is 8.40. The van der Waals surface area contributed by atoms with Crippen molar-refractivity contribution >= 4 is 55.4 Å². The molecule has 13 heteroatoms. The van der Waals surface area contributed by atoms with E-state index in [1.165, 1.54) is 0 Å². The van der Waals surface area contributed by atoms with E-state index in [-0.39, 0.29) is 0 Å². The monoisotopic (exact) mass is 454 g/mol. The Labute approximate surface area is 163 Å². The van der Waals surface area contributed by atoms with Gasteiger partial charge in [-0.25, -0.2) is 9.59 Å². The van der Waals surface area contributed by atoms with Crippen LogP contribution in [0.15, 0.2) is 46.2 Å². The van der Waals surface area contributed by atoms with Gasteiger partial charge < -0.3 is 4.74 Å². The smallest absolute Gasteiger partial charge is 0.347 e. The molecular weight excluding hydrogens is 447 g/mol. The Morgan fingerprint density at radius 2 is 1.07 bits per heavy atom. The molecule has 0 aliphatic rings.